The Hall–Kier alpha value is -0.960. The van der Waals surface area contributed by atoms with Crippen LogP contribution in [0.1, 0.15) is 41.8 Å². The lowest BCUT2D eigenvalue weighted by Gasteiger charge is -2.21. The summed E-state index contributed by atoms with van der Waals surface area (Å²) in [5.74, 6) is -1.23. The fourth-order valence-electron chi connectivity index (χ4n) is 2.38. The van der Waals surface area contributed by atoms with Crippen LogP contribution in [0.2, 0.25) is 0 Å². The van der Waals surface area contributed by atoms with E-state index in [0.717, 1.165) is 37.0 Å². The highest BCUT2D eigenvalue weighted by atomic mass is 32.2. The normalized spacial score (nSPS) is 17.0. The van der Waals surface area contributed by atoms with Crippen molar-refractivity contribution in [1.29, 1.82) is 0 Å². The summed E-state index contributed by atoms with van der Waals surface area (Å²) in [6, 6.07) is 1.30. The molecule has 6 nitrogen and oxygen atoms in total. The predicted molar refractivity (Wildman–Crippen MR) is 79.3 cm³/mol. The summed E-state index contributed by atoms with van der Waals surface area (Å²) in [7, 11) is -3.80. The molecule has 1 saturated carbocycles. The summed E-state index contributed by atoms with van der Waals surface area (Å²) in [6.07, 6.45) is 5.84. The Labute approximate surface area is 128 Å². The number of sulfonamides is 1. The molecule has 0 spiro atoms. The fourth-order valence-corrected chi connectivity index (χ4v) is 4.65. The van der Waals surface area contributed by atoms with Crippen molar-refractivity contribution in [1.82, 2.24) is 4.72 Å². The monoisotopic (exact) mass is 333 g/mol. The first-order valence-corrected chi connectivity index (χ1v) is 9.29. The van der Waals surface area contributed by atoms with Crippen LogP contribution in [0.15, 0.2) is 16.3 Å². The molecule has 8 heteroatoms. The number of rotatable bonds is 7. The fraction of sp³-hybridized carbons (Fsp3) is 0.615. The van der Waals surface area contributed by atoms with Crippen molar-refractivity contribution in [3.8, 4) is 0 Å². The zero-order chi connectivity index (χ0) is 15.3. The van der Waals surface area contributed by atoms with E-state index in [2.05, 4.69) is 4.72 Å². The lowest BCUT2D eigenvalue weighted by atomic mass is 9.98. The molecule has 1 heterocycles. The Morgan fingerprint density at radius 2 is 2.10 bits per heavy atom. The molecule has 2 N–H and O–H groups in total. The Kier molecular flexibility index (Phi) is 5.74. The van der Waals surface area contributed by atoms with Crippen LogP contribution in [0, 0.1) is 0 Å². The van der Waals surface area contributed by atoms with Gasteiger partial charge in [0, 0.05) is 6.54 Å². The van der Waals surface area contributed by atoms with Gasteiger partial charge in [0.2, 0.25) is 10.0 Å². The highest BCUT2D eigenvalue weighted by molar-refractivity contribution is 7.89. The molecule has 0 saturated heterocycles. The zero-order valence-corrected chi connectivity index (χ0v) is 13.2. The van der Waals surface area contributed by atoms with Crippen molar-refractivity contribution < 1.29 is 23.1 Å². The first-order valence-electron chi connectivity index (χ1n) is 6.93. The molecule has 1 aromatic heterocycles. The minimum atomic E-state index is -3.80. The van der Waals surface area contributed by atoms with Crippen molar-refractivity contribution in [2.24, 2.45) is 0 Å². The van der Waals surface area contributed by atoms with Crippen molar-refractivity contribution in [3.05, 3.63) is 16.3 Å². The Morgan fingerprint density at radius 3 is 2.76 bits per heavy atom. The first-order chi connectivity index (χ1) is 10.0. The van der Waals surface area contributed by atoms with Crippen molar-refractivity contribution in [3.63, 3.8) is 0 Å². The van der Waals surface area contributed by atoms with Crippen LogP contribution in [-0.4, -0.2) is 38.7 Å². The van der Waals surface area contributed by atoms with Gasteiger partial charge < -0.3 is 9.84 Å². The zero-order valence-electron chi connectivity index (χ0n) is 11.6. The van der Waals surface area contributed by atoms with E-state index in [0.29, 0.717) is 6.61 Å². The minimum Gasteiger partial charge on any atom is -0.477 e. The van der Waals surface area contributed by atoms with Gasteiger partial charge in [-0.1, -0.05) is 19.3 Å². The molecule has 2 rings (SSSR count). The first kappa shape index (κ1) is 16.4. The molecule has 0 radical (unpaired) electrons. The van der Waals surface area contributed by atoms with Crippen LogP contribution in [0.25, 0.3) is 0 Å². The van der Waals surface area contributed by atoms with Crippen molar-refractivity contribution in [2.45, 2.75) is 43.1 Å². The maximum atomic E-state index is 12.0. The summed E-state index contributed by atoms with van der Waals surface area (Å²) in [5, 5.41) is 10.4. The highest BCUT2D eigenvalue weighted by Gasteiger charge is 2.23. The van der Waals surface area contributed by atoms with Gasteiger partial charge >= 0.3 is 5.97 Å². The number of ether oxygens (including phenoxy) is 1. The van der Waals surface area contributed by atoms with E-state index in [4.69, 9.17) is 9.84 Å². The van der Waals surface area contributed by atoms with Gasteiger partial charge in [0.05, 0.1) is 12.7 Å². The van der Waals surface area contributed by atoms with Crippen molar-refractivity contribution in [2.75, 3.05) is 13.2 Å². The van der Waals surface area contributed by atoms with Gasteiger partial charge in [-0.05, 0) is 24.3 Å². The van der Waals surface area contributed by atoms with Gasteiger partial charge in [-0.25, -0.2) is 17.9 Å². The SMILES string of the molecule is O=C(O)c1sccc1S(=O)(=O)NCCOC1CCCCC1. The standard InChI is InChI=1S/C13H19NO5S2/c15-13(16)12-11(6-9-20-12)21(17,18)14-7-8-19-10-4-2-1-3-5-10/h6,9-10,14H,1-5,7-8H2,(H,15,16). The third kappa shape index (κ3) is 4.50. The van der Waals surface area contributed by atoms with Gasteiger partial charge in [-0.15, -0.1) is 11.3 Å². The van der Waals surface area contributed by atoms with Crippen LogP contribution in [0.4, 0.5) is 0 Å². The van der Waals surface area contributed by atoms with E-state index in [9.17, 15) is 13.2 Å². The van der Waals surface area contributed by atoms with E-state index < -0.39 is 16.0 Å². The molecule has 0 unspecified atom stereocenters. The number of nitrogens with one attached hydrogen (secondary N) is 1. The third-order valence-corrected chi connectivity index (χ3v) is 5.95. The van der Waals surface area contributed by atoms with Crippen LogP contribution >= 0.6 is 11.3 Å². The van der Waals surface area contributed by atoms with Gasteiger partial charge in [0.15, 0.2) is 0 Å². The quantitative estimate of drug-likeness (QED) is 0.745. The van der Waals surface area contributed by atoms with E-state index in [-0.39, 0.29) is 22.4 Å². The highest BCUT2D eigenvalue weighted by Crippen LogP contribution is 2.22. The number of aromatic carboxylic acids is 1. The molecule has 1 fully saturated rings. The number of hydrogen-bond acceptors (Lipinski definition) is 5. The molecule has 21 heavy (non-hydrogen) atoms. The van der Waals surface area contributed by atoms with Crippen LogP contribution in [0.5, 0.6) is 0 Å². The lowest BCUT2D eigenvalue weighted by molar-refractivity contribution is 0.0321. The average Bonchev–Trinajstić information content (AvgIpc) is 2.95. The van der Waals surface area contributed by atoms with E-state index in [1.54, 1.807) is 0 Å². The van der Waals surface area contributed by atoms with E-state index in [1.807, 2.05) is 0 Å². The molecule has 118 valence electrons. The largest absolute Gasteiger partial charge is 0.477 e. The number of carbonyl (C=O) groups is 1. The van der Waals surface area contributed by atoms with Gasteiger partial charge in [-0.3, -0.25) is 0 Å². The Balaban J connectivity index is 1.83. The summed E-state index contributed by atoms with van der Waals surface area (Å²) in [4.78, 5) is 10.6. The molecule has 0 bridgehead atoms. The maximum absolute atomic E-state index is 12.0. The number of hydrogen-bond donors (Lipinski definition) is 2. The average molecular weight is 333 g/mol. The summed E-state index contributed by atoms with van der Waals surface area (Å²) in [5.41, 5.74) is 0. The minimum absolute atomic E-state index is 0.147. The molecule has 0 aliphatic heterocycles. The summed E-state index contributed by atoms with van der Waals surface area (Å²) < 4.78 is 32.1. The maximum Gasteiger partial charge on any atom is 0.347 e. The number of carboxylic acids is 1. The van der Waals surface area contributed by atoms with Gasteiger partial charge in [0.25, 0.3) is 0 Å². The van der Waals surface area contributed by atoms with Crippen LogP contribution < -0.4 is 4.72 Å². The molecule has 0 aromatic carbocycles. The predicted octanol–water partition coefficient (Wildman–Crippen LogP) is 2.07. The molecular formula is C13H19NO5S2. The third-order valence-electron chi connectivity index (χ3n) is 3.41. The Bertz CT molecular complexity index is 575. The van der Waals surface area contributed by atoms with Crippen molar-refractivity contribution >= 4 is 27.3 Å². The second-order valence-electron chi connectivity index (χ2n) is 4.95. The second kappa shape index (κ2) is 7.35. The summed E-state index contributed by atoms with van der Waals surface area (Å²) in [6.45, 7) is 0.449. The second-order valence-corrected chi connectivity index (χ2v) is 7.60. The topological polar surface area (TPSA) is 92.7 Å². The lowest BCUT2D eigenvalue weighted by Crippen LogP contribution is -2.30. The molecule has 1 aliphatic carbocycles. The number of thiophene rings is 1. The Morgan fingerprint density at radius 1 is 1.38 bits per heavy atom. The molecular weight excluding hydrogens is 314 g/mol. The molecule has 0 atom stereocenters. The molecule has 1 aromatic rings. The van der Waals surface area contributed by atoms with Crippen LogP contribution in [0.3, 0.4) is 0 Å². The van der Waals surface area contributed by atoms with Gasteiger partial charge in [0.1, 0.15) is 9.77 Å². The summed E-state index contributed by atoms with van der Waals surface area (Å²) >= 11 is 0.896. The van der Waals surface area contributed by atoms with E-state index in [1.165, 1.54) is 17.9 Å². The van der Waals surface area contributed by atoms with Gasteiger partial charge in [-0.2, -0.15) is 0 Å². The molecule has 0 amide bonds. The number of carboxylic acid groups (broad SMARTS) is 1. The van der Waals surface area contributed by atoms with Crippen LogP contribution in [-0.2, 0) is 14.8 Å². The van der Waals surface area contributed by atoms with E-state index >= 15 is 0 Å². The smallest absolute Gasteiger partial charge is 0.347 e. The molecule has 1 aliphatic rings.